The Hall–Kier alpha value is -3.08. The maximum atomic E-state index is 11.9. The van der Waals surface area contributed by atoms with E-state index in [2.05, 4.69) is 22.5 Å². The third-order valence-electron chi connectivity index (χ3n) is 3.91. The normalized spacial score (nSPS) is 10.5. The number of benzene rings is 2. The third-order valence-corrected chi connectivity index (χ3v) is 3.91. The van der Waals surface area contributed by atoms with Crippen molar-refractivity contribution in [3.8, 4) is 0 Å². The number of hydrogen-bond acceptors (Lipinski definition) is 3. The summed E-state index contributed by atoms with van der Waals surface area (Å²) in [5.74, 6) is 0.00809. The van der Waals surface area contributed by atoms with Gasteiger partial charge in [0, 0.05) is 43.7 Å². The van der Waals surface area contributed by atoms with Gasteiger partial charge in [-0.3, -0.25) is 9.48 Å². The highest BCUT2D eigenvalue weighted by atomic mass is 16.2. The van der Waals surface area contributed by atoms with E-state index in [1.54, 1.807) is 19.0 Å². The second-order valence-electron chi connectivity index (χ2n) is 6.16. The van der Waals surface area contributed by atoms with Crippen LogP contribution >= 0.6 is 0 Å². The van der Waals surface area contributed by atoms with Crippen molar-refractivity contribution in [3.05, 3.63) is 83.7 Å². The monoisotopic (exact) mass is 334 g/mol. The molecule has 0 unspecified atom stereocenters. The van der Waals surface area contributed by atoms with Crippen LogP contribution in [0.15, 0.2) is 67.0 Å². The Kier molecular flexibility index (Phi) is 5.14. The van der Waals surface area contributed by atoms with Crippen molar-refractivity contribution in [1.82, 2.24) is 14.7 Å². The van der Waals surface area contributed by atoms with Crippen LogP contribution in [0.1, 0.15) is 21.5 Å². The van der Waals surface area contributed by atoms with Crippen molar-refractivity contribution >= 4 is 11.6 Å². The molecule has 128 valence electrons. The zero-order valence-corrected chi connectivity index (χ0v) is 14.5. The van der Waals surface area contributed by atoms with E-state index in [1.165, 1.54) is 5.56 Å². The molecule has 1 heterocycles. The highest BCUT2D eigenvalue weighted by molar-refractivity contribution is 5.94. The molecular weight excluding hydrogens is 312 g/mol. The molecular formula is C20H22N4O. The number of anilines is 1. The lowest BCUT2D eigenvalue weighted by Crippen LogP contribution is -2.21. The van der Waals surface area contributed by atoms with Crippen molar-refractivity contribution in [1.29, 1.82) is 0 Å². The van der Waals surface area contributed by atoms with Crippen molar-refractivity contribution in [3.63, 3.8) is 0 Å². The number of carbonyl (C=O) groups is 1. The van der Waals surface area contributed by atoms with Crippen molar-refractivity contribution in [2.75, 3.05) is 19.4 Å². The fourth-order valence-corrected chi connectivity index (χ4v) is 2.55. The fraction of sp³-hybridized carbons (Fsp3) is 0.200. The average Bonchev–Trinajstić information content (AvgIpc) is 3.08. The van der Waals surface area contributed by atoms with Crippen LogP contribution in [0.2, 0.25) is 0 Å². The van der Waals surface area contributed by atoms with E-state index < -0.39 is 0 Å². The van der Waals surface area contributed by atoms with Crippen LogP contribution in [0.4, 0.5) is 5.69 Å². The number of carbonyl (C=O) groups excluding carboxylic acids is 1. The molecule has 2 aromatic carbocycles. The maximum Gasteiger partial charge on any atom is 0.253 e. The topological polar surface area (TPSA) is 50.2 Å². The zero-order chi connectivity index (χ0) is 17.6. The lowest BCUT2D eigenvalue weighted by molar-refractivity contribution is 0.0827. The second kappa shape index (κ2) is 7.66. The van der Waals surface area contributed by atoms with Crippen LogP contribution in [0.3, 0.4) is 0 Å². The molecule has 0 aliphatic carbocycles. The Morgan fingerprint density at radius 1 is 1.04 bits per heavy atom. The van der Waals surface area contributed by atoms with Gasteiger partial charge in [-0.15, -0.1) is 0 Å². The van der Waals surface area contributed by atoms with Gasteiger partial charge in [0.15, 0.2) is 0 Å². The van der Waals surface area contributed by atoms with Gasteiger partial charge in [0.05, 0.1) is 12.7 Å². The van der Waals surface area contributed by atoms with Gasteiger partial charge in [0.25, 0.3) is 5.91 Å². The van der Waals surface area contributed by atoms with E-state index in [9.17, 15) is 4.79 Å². The highest BCUT2D eigenvalue weighted by Gasteiger charge is 2.07. The van der Waals surface area contributed by atoms with E-state index in [0.717, 1.165) is 17.8 Å². The van der Waals surface area contributed by atoms with E-state index in [1.807, 2.05) is 59.5 Å². The molecule has 1 amide bonds. The predicted octanol–water partition coefficient (Wildman–Crippen LogP) is 3.25. The minimum atomic E-state index is 0.00809. The molecule has 0 aliphatic heterocycles. The SMILES string of the molecule is CN(C)C(=O)c1ccc(NCc2cnn(Cc3ccccc3)c2)cc1. The molecule has 5 nitrogen and oxygen atoms in total. The van der Waals surface area contributed by atoms with Gasteiger partial charge in [-0.1, -0.05) is 30.3 Å². The third kappa shape index (κ3) is 4.47. The van der Waals surface area contributed by atoms with E-state index in [0.29, 0.717) is 12.1 Å². The first kappa shape index (κ1) is 16.8. The van der Waals surface area contributed by atoms with Crippen LogP contribution in [0.25, 0.3) is 0 Å². The lowest BCUT2D eigenvalue weighted by Gasteiger charge is -2.11. The van der Waals surface area contributed by atoms with Gasteiger partial charge in [-0.05, 0) is 29.8 Å². The summed E-state index contributed by atoms with van der Waals surface area (Å²) in [6.07, 6.45) is 3.92. The molecule has 0 atom stereocenters. The van der Waals surface area contributed by atoms with Gasteiger partial charge >= 0.3 is 0 Å². The van der Waals surface area contributed by atoms with Crippen LogP contribution in [0, 0.1) is 0 Å². The van der Waals surface area contributed by atoms with Crippen LogP contribution < -0.4 is 5.32 Å². The maximum absolute atomic E-state index is 11.9. The molecule has 0 saturated heterocycles. The Morgan fingerprint density at radius 3 is 2.44 bits per heavy atom. The largest absolute Gasteiger partial charge is 0.381 e. The van der Waals surface area contributed by atoms with Gasteiger partial charge in [0.2, 0.25) is 0 Å². The molecule has 0 aliphatic rings. The molecule has 0 spiro atoms. The van der Waals surface area contributed by atoms with Crippen LogP contribution in [-0.2, 0) is 13.1 Å². The molecule has 3 aromatic rings. The lowest BCUT2D eigenvalue weighted by atomic mass is 10.2. The summed E-state index contributed by atoms with van der Waals surface area (Å²) in [7, 11) is 3.50. The smallest absolute Gasteiger partial charge is 0.253 e. The molecule has 0 saturated carbocycles. The Labute approximate surface area is 147 Å². The number of rotatable bonds is 6. The molecule has 3 rings (SSSR count). The fourth-order valence-electron chi connectivity index (χ4n) is 2.55. The summed E-state index contributed by atoms with van der Waals surface area (Å²) < 4.78 is 1.94. The highest BCUT2D eigenvalue weighted by Crippen LogP contribution is 2.12. The first-order valence-electron chi connectivity index (χ1n) is 8.22. The van der Waals surface area contributed by atoms with Crippen molar-refractivity contribution < 1.29 is 4.79 Å². The second-order valence-corrected chi connectivity index (χ2v) is 6.16. The number of amides is 1. The number of hydrogen-bond donors (Lipinski definition) is 1. The standard InChI is InChI=1S/C20H22N4O/c1-23(2)20(25)18-8-10-19(11-9-18)21-12-17-13-22-24(15-17)14-16-6-4-3-5-7-16/h3-11,13,15,21H,12,14H2,1-2H3. The minimum absolute atomic E-state index is 0.00809. The van der Waals surface area contributed by atoms with Gasteiger partial charge in [0.1, 0.15) is 0 Å². The summed E-state index contributed by atoms with van der Waals surface area (Å²) in [5, 5.41) is 7.76. The minimum Gasteiger partial charge on any atom is -0.381 e. The summed E-state index contributed by atoms with van der Waals surface area (Å²) in [4.78, 5) is 13.5. The van der Waals surface area contributed by atoms with E-state index in [4.69, 9.17) is 0 Å². The Morgan fingerprint density at radius 2 is 1.76 bits per heavy atom. The first-order valence-corrected chi connectivity index (χ1v) is 8.22. The molecule has 1 N–H and O–H groups in total. The first-order chi connectivity index (χ1) is 12.1. The molecule has 25 heavy (non-hydrogen) atoms. The Balaban J connectivity index is 1.56. The summed E-state index contributed by atoms with van der Waals surface area (Å²) in [5.41, 5.74) is 4.01. The Bertz CT molecular complexity index is 822. The summed E-state index contributed by atoms with van der Waals surface area (Å²) >= 11 is 0. The van der Waals surface area contributed by atoms with E-state index in [-0.39, 0.29) is 5.91 Å². The van der Waals surface area contributed by atoms with E-state index >= 15 is 0 Å². The van der Waals surface area contributed by atoms with Gasteiger partial charge < -0.3 is 10.2 Å². The van der Waals surface area contributed by atoms with Crippen molar-refractivity contribution in [2.45, 2.75) is 13.1 Å². The predicted molar refractivity (Wildman–Crippen MR) is 99.6 cm³/mol. The number of nitrogens with zero attached hydrogens (tertiary/aromatic N) is 3. The van der Waals surface area contributed by atoms with Crippen LogP contribution in [0.5, 0.6) is 0 Å². The zero-order valence-electron chi connectivity index (χ0n) is 14.5. The summed E-state index contributed by atoms with van der Waals surface area (Å²) in [6, 6.07) is 17.8. The molecule has 5 heteroatoms. The quantitative estimate of drug-likeness (QED) is 0.753. The van der Waals surface area contributed by atoms with Gasteiger partial charge in [-0.2, -0.15) is 5.10 Å². The molecule has 0 fully saturated rings. The van der Waals surface area contributed by atoms with Gasteiger partial charge in [-0.25, -0.2) is 0 Å². The number of aromatic nitrogens is 2. The van der Waals surface area contributed by atoms with Crippen molar-refractivity contribution in [2.24, 2.45) is 0 Å². The number of nitrogens with one attached hydrogen (secondary N) is 1. The average molecular weight is 334 g/mol. The summed E-state index contributed by atoms with van der Waals surface area (Å²) in [6.45, 7) is 1.46. The molecule has 0 radical (unpaired) electrons. The molecule has 1 aromatic heterocycles. The molecule has 0 bridgehead atoms. The van der Waals surface area contributed by atoms with Crippen LogP contribution in [-0.4, -0.2) is 34.7 Å².